The highest BCUT2D eigenvalue weighted by atomic mass is 35.5. The lowest BCUT2D eigenvalue weighted by molar-refractivity contribution is -0.128. The third-order valence-electron chi connectivity index (χ3n) is 4.23. The number of pyridine rings is 1. The van der Waals surface area contributed by atoms with Crippen molar-refractivity contribution in [3.05, 3.63) is 29.4 Å². The van der Waals surface area contributed by atoms with Crippen LogP contribution in [-0.2, 0) is 9.59 Å². The smallest absolute Gasteiger partial charge is 0.251 e. The molecule has 2 amide bonds. The zero-order valence-electron chi connectivity index (χ0n) is 12.5. The third-order valence-corrected chi connectivity index (χ3v) is 4.61. The van der Waals surface area contributed by atoms with E-state index in [1.54, 1.807) is 16.8 Å². The van der Waals surface area contributed by atoms with Crippen LogP contribution in [0, 0.1) is 6.92 Å². The lowest BCUT2D eigenvalue weighted by Crippen LogP contribution is -2.63. The monoisotopic (exact) mass is 320 g/mol. The van der Waals surface area contributed by atoms with Crippen molar-refractivity contribution in [3.8, 4) is 0 Å². The third kappa shape index (κ3) is 2.14. The van der Waals surface area contributed by atoms with Crippen LogP contribution in [0.5, 0.6) is 0 Å². The van der Waals surface area contributed by atoms with Gasteiger partial charge in [-0.25, -0.2) is 4.98 Å². The van der Waals surface area contributed by atoms with Crippen LogP contribution < -0.4 is 9.80 Å². The molecule has 0 aliphatic carbocycles. The van der Waals surface area contributed by atoms with Crippen LogP contribution in [0.25, 0.3) is 0 Å². The van der Waals surface area contributed by atoms with Crippen LogP contribution in [0.1, 0.15) is 5.56 Å². The molecule has 0 radical (unpaired) electrons. The van der Waals surface area contributed by atoms with E-state index in [0.717, 1.165) is 11.3 Å². The van der Waals surface area contributed by atoms with Crippen molar-refractivity contribution in [2.75, 3.05) is 36.5 Å². The van der Waals surface area contributed by atoms with Crippen LogP contribution in [0.4, 0.5) is 11.5 Å². The molecule has 0 aromatic carbocycles. The van der Waals surface area contributed by atoms with Crippen LogP contribution in [0.15, 0.2) is 18.7 Å². The Morgan fingerprint density at radius 1 is 1.50 bits per heavy atom. The van der Waals surface area contributed by atoms with Gasteiger partial charge in [0.2, 0.25) is 5.91 Å². The number of hydrogen-bond donors (Lipinski definition) is 0. The highest BCUT2D eigenvalue weighted by molar-refractivity contribution is 6.30. The predicted octanol–water partition coefficient (Wildman–Crippen LogP) is 1.22. The molecule has 116 valence electrons. The summed E-state index contributed by atoms with van der Waals surface area (Å²) in [6.07, 6.45) is 1.28. The second-order valence-electron chi connectivity index (χ2n) is 5.53. The maximum absolute atomic E-state index is 12.6. The van der Waals surface area contributed by atoms with E-state index >= 15 is 0 Å². The van der Waals surface area contributed by atoms with E-state index < -0.39 is 6.04 Å². The number of aryl methyl sites for hydroxylation is 1. The molecule has 1 saturated heterocycles. The summed E-state index contributed by atoms with van der Waals surface area (Å²) >= 11 is 6.14. The van der Waals surface area contributed by atoms with Crippen molar-refractivity contribution in [1.29, 1.82) is 0 Å². The average molecular weight is 321 g/mol. The lowest BCUT2D eigenvalue weighted by Gasteiger charge is -2.46. The summed E-state index contributed by atoms with van der Waals surface area (Å²) < 4.78 is 0. The molecule has 0 spiro atoms. The van der Waals surface area contributed by atoms with Gasteiger partial charge in [-0.3, -0.25) is 9.59 Å². The molecule has 2 aliphatic heterocycles. The van der Waals surface area contributed by atoms with Crippen LogP contribution in [0.2, 0.25) is 5.15 Å². The average Bonchev–Trinajstić information content (AvgIpc) is 2.53. The summed E-state index contributed by atoms with van der Waals surface area (Å²) in [5, 5.41) is 0.435. The highest BCUT2D eigenvalue weighted by Crippen LogP contribution is 2.37. The molecule has 0 unspecified atom stereocenters. The Balaban J connectivity index is 2.01. The number of hydrogen-bond acceptors (Lipinski definition) is 4. The van der Waals surface area contributed by atoms with Gasteiger partial charge < -0.3 is 14.7 Å². The molecule has 3 rings (SSSR count). The molecule has 22 heavy (non-hydrogen) atoms. The Hall–Kier alpha value is -2.08. The fraction of sp³-hybridized carbons (Fsp3) is 0.400. The summed E-state index contributed by atoms with van der Waals surface area (Å²) in [5.74, 6) is 0.502. The second kappa shape index (κ2) is 5.28. The zero-order valence-corrected chi connectivity index (χ0v) is 13.3. The quantitative estimate of drug-likeness (QED) is 0.577. The molecule has 1 atom stereocenters. The first kappa shape index (κ1) is 14.8. The summed E-state index contributed by atoms with van der Waals surface area (Å²) in [6, 6.07) is 1.45. The lowest BCUT2D eigenvalue weighted by atomic mass is 10.1. The van der Waals surface area contributed by atoms with Crippen molar-refractivity contribution < 1.29 is 9.59 Å². The van der Waals surface area contributed by atoms with Crippen molar-refractivity contribution in [2.24, 2.45) is 0 Å². The number of fused-ring (bicyclic) bond motifs is 3. The van der Waals surface area contributed by atoms with Gasteiger partial charge in [0.1, 0.15) is 11.2 Å². The number of nitrogens with zero attached hydrogens (tertiary/aromatic N) is 4. The molecule has 0 bridgehead atoms. The van der Waals surface area contributed by atoms with Crippen LogP contribution in [-0.4, -0.2) is 54.4 Å². The fourth-order valence-corrected chi connectivity index (χ4v) is 3.08. The Morgan fingerprint density at radius 2 is 2.23 bits per heavy atom. The topological polar surface area (TPSA) is 56.8 Å². The Labute approximate surface area is 134 Å². The molecule has 0 saturated carbocycles. The van der Waals surface area contributed by atoms with Crippen molar-refractivity contribution in [1.82, 2.24) is 9.88 Å². The Kier molecular flexibility index (Phi) is 3.56. The number of anilines is 2. The van der Waals surface area contributed by atoms with E-state index in [1.165, 1.54) is 6.08 Å². The number of halogens is 1. The molecule has 6 nitrogen and oxygen atoms in total. The summed E-state index contributed by atoms with van der Waals surface area (Å²) in [4.78, 5) is 34.1. The first-order chi connectivity index (χ1) is 10.4. The Bertz CT molecular complexity index is 676. The van der Waals surface area contributed by atoms with E-state index in [-0.39, 0.29) is 11.8 Å². The zero-order chi connectivity index (χ0) is 16.0. The summed E-state index contributed by atoms with van der Waals surface area (Å²) in [7, 11) is 1.72. The van der Waals surface area contributed by atoms with E-state index in [0.29, 0.717) is 30.6 Å². The minimum absolute atomic E-state index is 0.0439. The first-order valence-corrected chi connectivity index (χ1v) is 7.44. The van der Waals surface area contributed by atoms with E-state index in [2.05, 4.69) is 11.6 Å². The molecule has 1 fully saturated rings. The van der Waals surface area contributed by atoms with Crippen LogP contribution >= 0.6 is 11.6 Å². The first-order valence-electron chi connectivity index (χ1n) is 7.06. The molecule has 1 aromatic rings. The van der Waals surface area contributed by atoms with Gasteiger partial charge in [-0.15, -0.1) is 0 Å². The van der Waals surface area contributed by atoms with Crippen molar-refractivity contribution in [3.63, 3.8) is 0 Å². The van der Waals surface area contributed by atoms with E-state index in [9.17, 15) is 9.59 Å². The van der Waals surface area contributed by atoms with Crippen molar-refractivity contribution in [2.45, 2.75) is 13.0 Å². The minimum Gasteiger partial charge on any atom is -0.339 e. The summed E-state index contributed by atoms with van der Waals surface area (Å²) in [5.41, 5.74) is 1.59. The van der Waals surface area contributed by atoms with Crippen LogP contribution in [0.3, 0.4) is 0 Å². The molecule has 2 aliphatic rings. The molecule has 7 heteroatoms. The normalized spacial score (nSPS) is 20.6. The molecule has 1 aromatic heterocycles. The number of rotatable bonds is 1. The van der Waals surface area contributed by atoms with Crippen molar-refractivity contribution >= 4 is 34.9 Å². The second-order valence-corrected chi connectivity index (χ2v) is 5.89. The molecule has 0 N–H and O–H groups in total. The number of carbonyl (C=O) groups excluding carboxylic acids is 2. The number of amides is 2. The van der Waals surface area contributed by atoms with Gasteiger partial charge in [-0.2, -0.15) is 0 Å². The van der Waals surface area contributed by atoms with Gasteiger partial charge in [0, 0.05) is 20.1 Å². The van der Waals surface area contributed by atoms with Gasteiger partial charge in [-0.05, 0) is 24.6 Å². The number of likely N-dealkylation sites (N-methyl/N-ethyl adjacent to an activating group) is 1. The summed E-state index contributed by atoms with van der Waals surface area (Å²) in [6.45, 7) is 6.77. The maximum atomic E-state index is 12.6. The van der Waals surface area contributed by atoms with Gasteiger partial charge in [0.25, 0.3) is 5.91 Å². The minimum atomic E-state index is -0.429. The van der Waals surface area contributed by atoms with Gasteiger partial charge in [-0.1, -0.05) is 18.2 Å². The van der Waals surface area contributed by atoms with Gasteiger partial charge in [0.15, 0.2) is 5.82 Å². The standard InChI is InChI=1S/C15H17ClN4O2/c1-4-12(21)19-5-6-20-11(8-19)15(22)18(3)10-7-9(2)13(16)17-14(10)20/h4,7,11H,1,5-6,8H2,2-3H3/t11-/m0/s1. The molecular weight excluding hydrogens is 304 g/mol. The number of piperazine rings is 1. The number of aromatic nitrogens is 1. The molecule has 3 heterocycles. The van der Waals surface area contributed by atoms with E-state index in [4.69, 9.17) is 11.6 Å². The molecular formula is C15H17ClN4O2. The van der Waals surface area contributed by atoms with E-state index in [1.807, 2.05) is 17.9 Å². The highest BCUT2D eigenvalue weighted by Gasteiger charge is 2.42. The number of carbonyl (C=O) groups is 2. The maximum Gasteiger partial charge on any atom is 0.251 e. The largest absolute Gasteiger partial charge is 0.339 e. The predicted molar refractivity (Wildman–Crippen MR) is 85.3 cm³/mol. The Morgan fingerprint density at radius 3 is 2.91 bits per heavy atom. The van der Waals surface area contributed by atoms with Gasteiger partial charge >= 0.3 is 0 Å². The van der Waals surface area contributed by atoms with Gasteiger partial charge in [0.05, 0.1) is 12.2 Å². The fourth-order valence-electron chi connectivity index (χ4n) is 2.95. The SMILES string of the molecule is C=CC(=O)N1CCN2c3nc(Cl)c(C)cc3N(C)C(=O)[C@@H]2C1.